The minimum absolute atomic E-state index is 0.00536. The number of aromatic nitrogens is 2. The summed E-state index contributed by atoms with van der Waals surface area (Å²) in [6.07, 6.45) is 4.82. The predicted octanol–water partition coefficient (Wildman–Crippen LogP) is 4.22. The van der Waals surface area contributed by atoms with E-state index in [1.165, 1.54) is 6.26 Å². The number of nitrogens with zero attached hydrogens (tertiary/aromatic N) is 2. The van der Waals surface area contributed by atoms with Crippen LogP contribution in [0, 0.1) is 0 Å². The summed E-state index contributed by atoms with van der Waals surface area (Å²) in [5, 5.41) is 0.706. The Kier molecular flexibility index (Phi) is 4.47. The highest BCUT2D eigenvalue weighted by Crippen LogP contribution is 2.29. The van der Waals surface area contributed by atoms with Gasteiger partial charge in [-0.15, -0.1) is 0 Å². The van der Waals surface area contributed by atoms with Gasteiger partial charge in [-0.2, -0.15) is 0 Å². The molecule has 0 saturated heterocycles. The third-order valence-electron chi connectivity index (χ3n) is 3.98. The van der Waals surface area contributed by atoms with E-state index in [0.717, 1.165) is 17.0 Å². The number of hydrogen-bond donors (Lipinski definition) is 0. The van der Waals surface area contributed by atoms with Gasteiger partial charge in [-0.3, -0.25) is 0 Å². The fourth-order valence-corrected chi connectivity index (χ4v) is 3.59. The summed E-state index contributed by atoms with van der Waals surface area (Å²) in [6, 6.07) is 14.5. The predicted molar refractivity (Wildman–Crippen MR) is 96.0 cm³/mol. The standard InChI is InChI=1S/C18H17ClN2O2S/c1-13(16-5-3-4-6-17(16)19)21-12-11-20-18(21)14-7-9-15(10-8-14)24(2,22)23/h3-13H,1-2H3. The molecule has 1 heterocycles. The van der Waals surface area contributed by atoms with Crippen LogP contribution in [0.3, 0.4) is 0 Å². The molecule has 1 atom stereocenters. The van der Waals surface area contributed by atoms with Gasteiger partial charge >= 0.3 is 0 Å². The first kappa shape index (κ1) is 16.7. The molecule has 0 N–H and O–H groups in total. The highest BCUT2D eigenvalue weighted by molar-refractivity contribution is 7.90. The van der Waals surface area contributed by atoms with E-state index in [4.69, 9.17) is 11.6 Å². The van der Waals surface area contributed by atoms with E-state index in [-0.39, 0.29) is 6.04 Å². The van der Waals surface area contributed by atoms with E-state index >= 15 is 0 Å². The number of imidazole rings is 1. The molecule has 3 rings (SSSR count). The lowest BCUT2D eigenvalue weighted by atomic mass is 10.1. The number of benzene rings is 2. The van der Waals surface area contributed by atoms with E-state index in [1.54, 1.807) is 30.5 Å². The van der Waals surface area contributed by atoms with Crippen LogP contribution in [-0.2, 0) is 9.84 Å². The Hall–Kier alpha value is -2.11. The molecular weight excluding hydrogens is 344 g/mol. The Morgan fingerprint density at radius 1 is 1.08 bits per heavy atom. The highest BCUT2D eigenvalue weighted by atomic mass is 35.5. The van der Waals surface area contributed by atoms with Gasteiger partial charge in [0.2, 0.25) is 0 Å². The Morgan fingerprint density at radius 3 is 2.38 bits per heavy atom. The van der Waals surface area contributed by atoms with Crippen molar-refractivity contribution in [2.75, 3.05) is 6.26 Å². The Morgan fingerprint density at radius 2 is 1.75 bits per heavy atom. The minimum atomic E-state index is -3.21. The van der Waals surface area contributed by atoms with Crippen molar-refractivity contribution in [3.05, 3.63) is 71.5 Å². The molecule has 0 aliphatic heterocycles. The Bertz CT molecular complexity index is 963. The van der Waals surface area contributed by atoms with Crippen molar-refractivity contribution in [3.63, 3.8) is 0 Å². The second-order valence-corrected chi connectivity index (χ2v) is 8.08. The number of hydrogen-bond acceptors (Lipinski definition) is 3. The van der Waals surface area contributed by atoms with Crippen LogP contribution in [-0.4, -0.2) is 24.2 Å². The Balaban J connectivity index is 2.01. The monoisotopic (exact) mass is 360 g/mol. The summed E-state index contributed by atoms with van der Waals surface area (Å²) >= 11 is 6.30. The normalized spacial score (nSPS) is 13.0. The molecule has 124 valence electrons. The maximum Gasteiger partial charge on any atom is 0.175 e. The smallest absolute Gasteiger partial charge is 0.175 e. The van der Waals surface area contributed by atoms with Crippen molar-refractivity contribution in [1.29, 1.82) is 0 Å². The lowest BCUT2D eigenvalue weighted by Crippen LogP contribution is -2.08. The molecule has 1 aromatic heterocycles. The summed E-state index contributed by atoms with van der Waals surface area (Å²) in [5.74, 6) is 0.766. The maximum absolute atomic E-state index is 11.6. The molecule has 0 aliphatic rings. The van der Waals surface area contributed by atoms with Gasteiger partial charge in [0.25, 0.3) is 0 Å². The number of rotatable bonds is 4. The van der Waals surface area contributed by atoms with Crippen molar-refractivity contribution < 1.29 is 8.42 Å². The van der Waals surface area contributed by atoms with E-state index in [9.17, 15) is 8.42 Å². The lowest BCUT2D eigenvalue weighted by molar-refractivity contribution is 0.602. The molecule has 0 saturated carbocycles. The highest BCUT2D eigenvalue weighted by Gasteiger charge is 2.16. The number of halogens is 1. The maximum atomic E-state index is 11.6. The van der Waals surface area contributed by atoms with Crippen LogP contribution in [0.15, 0.2) is 65.8 Å². The van der Waals surface area contributed by atoms with E-state index < -0.39 is 9.84 Å². The van der Waals surface area contributed by atoms with Gasteiger partial charge in [0.05, 0.1) is 10.9 Å². The van der Waals surface area contributed by atoms with Gasteiger partial charge in [0.15, 0.2) is 9.84 Å². The molecule has 0 amide bonds. The molecule has 0 radical (unpaired) electrons. The van der Waals surface area contributed by atoms with Gasteiger partial charge in [0, 0.05) is 29.2 Å². The van der Waals surface area contributed by atoms with Crippen LogP contribution in [0.25, 0.3) is 11.4 Å². The summed E-state index contributed by atoms with van der Waals surface area (Å²) in [5.41, 5.74) is 1.86. The van der Waals surface area contributed by atoms with Gasteiger partial charge in [0.1, 0.15) is 5.82 Å². The second-order valence-electron chi connectivity index (χ2n) is 5.65. The summed E-state index contributed by atoms with van der Waals surface area (Å²) in [7, 11) is -3.21. The molecular formula is C18H17ClN2O2S. The van der Waals surface area contributed by atoms with Crippen LogP contribution in [0.1, 0.15) is 18.5 Å². The molecule has 0 spiro atoms. The van der Waals surface area contributed by atoms with E-state index in [1.807, 2.05) is 35.0 Å². The molecule has 1 unspecified atom stereocenters. The quantitative estimate of drug-likeness (QED) is 0.700. The lowest BCUT2D eigenvalue weighted by Gasteiger charge is -2.18. The van der Waals surface area contributed by atoms with Crippen molar-refractivity contribution in [2.24, 2.45) is 0 Å². The zero-order valence-corrected chi connectivity index (χ0v) is 14.9. The van der Waals surface area contributed by atoms with Crippen LogP contribution in [0.5, 0.6) is 0 Å². The van der Waals surface area contributed by atoms with Gasteiger partial charge in [-0.1, -0.05) is 29.8 Å². The molecule has 0 bridgehead atoms. The topological polar surface area (TPSA) is 52.0 Å². The SMILES string of the molecule is CC(c1ccccc1Cl)n1ccnc1-c1ccc(S(C)(=O)=O)cc1. The summed E-state index contributed by atoms with van der Waals surface area (Å²) in [4.78, 5) is 4.72. The molecule has 2 aromatic carbocycles. The first-order chi connectivity index (χ1) is 11.4. The minimum Gasteiger partial charge on any atom is -0.324 e. The third kappa shape index (κ3) is 3.23. The summed E-state index contributed by atoms with van der Waals surface area (Å²) in [6.45, 7) is 2.05. The average molecular weight is 361 g/mol. The van der Waals surface area contributed by atoms with Gasteiger partial charge < -0.3 is 4.57 Å². The van der Waals surface area contributed by atoms with Crippen LogP contribution < -0.4 is 0 Å². The second kappa shape index (κ2) is 6.42. The number of sulfone groups is 1. The fourth-order valence-electron chi connectivity index (χ4n) is 2.66. The van der Waals surface area contributed by atoms with Crippen LogP contribution in [0.4, 0.5) is 0 Å². The molecule has 0 fully saturated rings. The van der Waals surface area contributed by atoms with Crippen LogP contribution in [0.2, 0.25) is 5.02 Å². The van der Waals surface area contributed by atoms with Crippen molar-refractivity contribution in [1.82, 2.24) is 9.55 Å². The van der Waals surface area contributed by atoms with Crippen molar-refractivity contribution in [3.8, 4) is 11.4 Å². The fraction of sp³-hybridized carbons (Fsp3) is 0.167. The first-order valence-corrected chi connectivity index (χ1v) is 9.72. The van der Waals surface area contributed by atoms with Crippen LogP contribution >= 0.6 is 11.6 Å². The molecule has 24 heavy (non-hydrogen) atoms. The zero-order chi connectivity index (χ0) is 17.3. The van der Waals surface area contributed by atoms with Gasteiger partial charge in [-0.05, 0) is 42.8 Å². The van der Waals surface area contributed by atoms with E-state index in [2.05, 4.69) is 11.9 Å². The average Bonchev–Trinajstić information content (AvgIpc) is 3.03. The van der Waals surface area contributed by atoms with Crippen molar-refractivity contribution in [2.45, 2.75) is 17.9 Å². The van der Waals surface area contributed by atoms with E-state index in [0.29, 0.717) is 9.92 Å². The van der Waals surface area contributed by atoms with Crippen molar-refractivity contribution >= 4 is 21.4 Å². The summed E-state index contributed by atoms with van der Waals surface area (Å²) < 4.78 is 25.2. The largest absolute Gasteiger partial charge is 0.324 e. The first-order valence-electron chi connectivity index (χ1n) is 7.45. The van der Waals surface area contributed by atoms with Gasteiger partial charge in [-0.25, -0.2) is 13.4 Å². The molecule has 4 nitrogen and oxygen atoms in total. The molecule has 3 aromatic rings. The third-order valence-corrected chi connectivity index (χ3v) is 5.45. The molecule has 6 heteroatoms. The Labute approximate surface area is 146 Å². The molecule has 0 aliphatic carbocycles. The zero-order valence-electron chi connectivity index (χ0n) is 13.3.